The van der Waals surface area contributed by atoms with Gasteiger partial charge in [0.2, 0.25) is 0 Å². The molecule has 21 heavy (non-hydrogen) atoms. The number of piperidine rings is 1. The van der Waals surface area contributed by atoms with E-state index in [0.717, 1.165) is 10.9 Å². The third kappa shape index (κ3) is 3.98. The molecule has 1 amide bonds. The van der Waals surface area contributed by atoms with Crippen molar-refractivity contribution < 1.29 is 9.53 Å². The lowest BCUT2D eigenvalue weighted by atomic mass is 9.79. The maximum Gasteiger partial charge on any atom is 0.263 e. The van der Waals surface area contributed by atoms with Crippen LogP contribution in [-0.4, -0.2) is 36.0 Å². The van der Waals surface area contributed by atoms with Crippen LogP contribution in [0.2, 0.25) is 0 Å². The van der Waals surface area contributed by atoms with Crippen LogP contribution in [0.1, 0.15) is 27.2 Å². The molecule has 2 unspecified atom stereocenters. The van der Waals surface area contributed by atoms with E-state index in [2.05, 4.69) is 29.8 Å². The third-order valence-electron chi connectivity index (χ3n) is 4.10. The Hall–Kier alpha value is -1.07. The van der Waals surface area contributed by atoms with E-state index in [1.54, 1.807) is 6.92 Å². The smallest absolute Gasteiger partial charge is 0.263 e. The number of benzene rings is 1. The number of amides is 1. The van der Waals surface area contributed by atoms with Gasteiger partial charge in [0.05, 0.1) is 0 Å². The fourth-order valence-electron chi connectivity index (χ4n) is 2.59. The Kier molecular flexibility index (Phi) is 4.94. The van der Waals surface area contributed by atoms with Crippen molar-refractivity contribution in [1.29, 1.82) is 0 Å². The molecule has 1 aromatic carbocycles. The van der Waals surface area contributed by atoms with Gasteiger partial charge in [0.25, 0.3) is 5.91 Å². The van der Waals surface area contributed by atoms with Crippen LogP contribution in [0.15, 0.2) is 28.7 Å². The van der Waals surface area contributed by atoms with Crippen LogP contribution in [0, 0.1) is 5.41 Å². The molecular weight excluding hydrogens is 332 g/mol. The molecule has 0 spiro atoms. The second-order valence-electron chi connectivity index (χ2n) is 6.36. The number of ether oxygens (including phenoxy) is 1. The van der Waals surface area contributed by atoms with Crippen molar-refractivity contribution in [3.8, 4) is 5.75 Å². The van der Waals surface area contributed by atoms with Crippen LogP contribution in [0.25, 0.3) is 0 Å². The molecular formula is C16H23BrN2O2. The molecule has 0 saturated carbocycles. The minimum atomic E-state index is -0.490. The molecule has 1 aliphatic rings. The SMILES string of the molecule is CC(Oc1ccc(Br)cc1)C(=O)N1CCC(N)C(C)(C)C1. The van der Waals surface area contributed by atoms with E-state index in [1.165, 1.54) is 0 Å². The molecule has 2 atom stereocenters. The highest BCUT2D eigenvalue weighted by Gasteiger charge is 2.36. The molecule has 116 valence electrons. The highest BCUT2D eigenvalue weighted by atomic mass is 79.9. The van der Waals surface area contributed by atoms with E-state index < -0.39 is 6.10 Å². The Labute approximate surface area is 134 Å². The predicted octanol–water partition coefficient (Wildman–Crippen LogP) is 2.80. The number of hydrogen-bond donors (Lipinski definition) is 1. The molecule has 1 aliphatic heterocycles. The van der Waals surface area contributed by atoms with E-state index in [1.807, 2.05) is 29.2 Å². The topological polar surface area (TPSA) is 55.6 Å². The first-order valence-electron chi connectivity index (χ1n) is 7.26. The first-order chi connectivity index (χ1) is 9.79. The number of nitrogens with two attached hydrogens (primary N) is 1. The molecule has 4 nitrogen and oxygen atoms in total. The summed E-state index contributed by atoms with van der Waals surface area (Å²) in [7, 11) is 0. The van der Waals surface area contributed by atoms with E-state index in [4.69, 9.17) is 10.5 Å². The van der Waals surface area contributed by atoms with Crippen molar-refractivity contribution in [2.75, 3.05) is 13.1 Å². The van der Waals surface area contributed by atoms with Crippen LogP contribution >= 0.6 is 15.9 Å². The van der Waals surface area contributed by atoms with Gasteiger partial charge >= 0.3 is 0 Å². The Morgan fingerprint density at radius 2 is 2.05 bits per heavy atom. The predicted molar refractivity (Wildman–Crippen MR) is 87.2 cm³/mol. The summed E-state index contributed by atoms with van der Waals surface area (Å²) < 4.78 is 6.72. The zero-order valence-electron chi connectivity index (χ0n) is 12.8. The summed E-state index contributed by atoms with van der Waals surface area (Å²) in [6, 6.07) is 7.64. The highest BCUT2D eigenvalue weighted by molar-refractivity contribution is 9.10. The lowest BCUT2D eigenvalue weighted by Crippen LogP contribution is -2.56. The Balaban J connectivity index is 1.98. The van der Waals surface area contributed by atoms with Crippen LogP contribution in [-0.2, 0) is 4.79 Å². The number of hydrogen-bond acceptors (Lipinski definition) is 3. The van der Waals surface area contributed by atoms with E-state index in [0.29, 0.717) is 18.8 Å². The third-order valence-corrected chi connectivity index (χ3v) is 4.63. The number of likely N-dealkylation sites (tertiary alicyclic amines) is 1. The minimum absolute atomic E-state index is 0.0258. The number of nitrogens with zero attached hydrogens (tertiary/aromatic N) is 1. The summed E-state index contributed by atoms with van der Waals surface area (Å²) in [4.78, 5) is 14.4. The summed E-state index contributed by atoms with van der Waals surface area (Å²) in [5.41, 5.74) is 6.06. The zero-order valence-corrected chi connectivity index (χ0v) is 14.4. The van der Waals surface area contributed by atoms with Gasteiger partial charge in [0.15, 0.2) is 6.10 Å². The van der Waals surface area contributed by atoms with Gasteiger partial charge < -0.3 is 15.4 Å². The van der Waals surface area contributed by atoms with Crippen LogP contribution in [0.5, 0.6) is 5.75 Å². The fraction of sp³-hybridized carbons (Fsp3) is 0.562. The molecule has 1 fully saturated rings. The molecule has 2 rings (SSSR count). The van der Waals surface area contributed by atoms with Crippen molar-refractivity contribution in [3.63, 3.8) is 0 Å². The average molecular weight is 355 g/mol. The van der Waals surface area contributed by atoms with E-state index >= 15 is 0 Å². The Bertz CT molecular complexity index is 502. The number of carbonyl (C=O) groups excluding carboxylic acids is 1. The number of carbonyl (C=O) groups is 1. The quantitative estimate of drug-likeness (QED) is 0.907. The van der Waals surface area contributed by atoms with Crippen molar-refractivity contribution in [2.45, 2.75) is 39.3 Å². The lowest BCUT2D eigenvalue weighted by molar-refractivity contribution is -0.141. The molecule has 1 heterocycles. The summed E-state index contributed by atoms with van der Waals surface area (Å²) in [5.74, 6) is 0.727. The molecule has 1 saturated heterocycles. The van der Waals surface area contributed by atoms with Crippen LogP contribution in [0.3, 0.4) is 0 Å². The summed E-state index contributed by atoms with van der Waals surface area (Å²) in [6.07, 6.45) is 0.348. The lowest BCUT2D eigenvalue weighted by Gasteiger charge is -2.43. The van der Waals surface area contributed by atoms with Crippen molar-refractivity contribution in [2.24, 2.45) is 11.1 Å². The van der Waals surface area contributed by atoms with Gasteiger partial charge in [-0.3, -0.25) is 4.79 Å². The highest BCUT2D eigenvalue weighted by Crippen LogP contribution is 2.28. The largest absolute Gasteiger partial charge is 0.481 e. The monoisotopic (exact) mass is 354 g/mol. The van der Waals surface area contributed by atoms with Crippen LogP contribution in [0.4, 0.5) is 0 Å². The molecule has 1 aromatic rings. The molecule has 2 N–H and O–H groups in total. The standard InChI is InChI=1S/C16H23BrN2O2/c1-11(21-13-6-4-12(17)5-7-13)15(20)19-9-8-14(18)16(2,3)10-19/h4-7,11,14H,8-10,18H2,1-3H3. The van der Waals surface area contributed by atoms with Crippen LogP contribution < -0.4 is 10.5 Å². The van der Waals surface area contributed by atoms with Gasteiger partial charge in [-0.25, -0.2) is 0 Å². The second kappa shape index (κ2) is 6.36. The average Bonchev–Trinajstić information content (AvgIpc) is 2.43. The van der Waals surface area contributed by atoms with Crippen molar-refractivity contribution in [1.82, 2.24) is 4.90 Å². The molecule has 0 aliphatic carbocycles. The Morgan fingerprint density at radius 3 is 2.62 bits per heavy atom. The second-order valence-corrected chi connectivity index (χ2v) is 7.27. The summed E-state index contributed by atoms with van der Waals surface area (Å²) in [6.45, 7) is 7.40. The first-order valence-corrected chi connectivity index (χ1v) is 8.05. The molecule has 5 heteroatoms. The van der Waals surface area contributed by atoms with Gasteiger partial charge in [0.1, 0.15) is 5.75 Å². The fourth-order valence-corrected chi connectivity index (χ4v) is 2.85. The summed E-state index contributed by atoms with van der Waals surface area (Å²) in [5, 5.41) is 0. The van der Waals surface area contributed by atoms with E-state index in [-0.39, 0.29) is 17.4 Å². The molecule has 0 aromatic heterocycles. The van der Waals surface area contributed by atoms with Gasteiger partial charge in [-0.1, -0.05) is 29.8 Å². The van der Waals surface area contributed by atoms with Gasteiger partial charge in [0, 0.05) is 23.6 Å². The maximum absolute atomic E-state index is 12.5. The van der Waals surface area contributed by atoms with Gasteiger partial charge in [-0.2, -0.15) is 0 Å². The molecule has 0 bridgehead atoms. The maximum atomic E-state index is 12.5. The normalized spacial score (nSPS) is 22.7. The number of halogens is 1. The zero-order chi connectivity index (χ0) is 15.6. The molecule has 0 radical (unpaired) electrons. The van der Waals surface area contributed by atoms with Gasteiger partial charge in [-0.15, -0.1) is 0 Å². The van der Waals surface area contributed by atoms with E-state index in [9.17, 15) is 4.79 Å². The summed E-state index contributed by atoms with van der Waals surface area (Å²) >= 11 is 3.38. The first kappa shape index (κ1) is 16.3. The Morgan fingerprint density at radius 1 is 1.43 bits per heavy atom. The van der Waals surface area contributed by atoms with Crippen molar-refractivity contribution >= 4 is 21.8 Å². The van der Waals surface area contributed by atoms with Crippen molar-refractivity contribution in [3.05, 3.63) is 28.7 Å². The van der Waals surface area contributed by atoms with Gasteiger partial charge in [-0.05, 0) is 43.0 Å². The number of rotatable bonds is 3. The minimum Gasteiger partial charge on any atom is -0.481 e.